The van der Waals surface area contributed by atoms with Gasteiger partial charge in [0.25, 0.3) is 0 Å². The van der Waals surface area contributed by atoms with Gasteiger partial charge in [-0.1, -0.05) is 0 Å². The van der Waals surface area contributed by atoms with Gasteiger partial charge in [0.1, 0.15) is 0 Å². The lowest BCUT2D eigenvalue weighted by Crippen LogP contribution is -2.44. The normalized spacial score (nSPS) is 17.7. The summed E-state index contributed by atoms with van der Waals surface area (Å²) in [6.07, 6.45) is 0.998. The van der Waals surface area contributed by atoms with Crippen molar-refractivity contribution >= 4 is 26.1 Å². The maximum Gasteiger partial charge on any atom is 0.166 e. The standard InChI is InChI=1S/C5H20N2OSi3/c6-2-1-4-11(8,10-9)5-3-7/h8H,1-7,10H2,9H3. The summed E-state index contributed by atoms with van der Waals surface area (Å²) in [7, 11) is -0.619. The van der Waals surface area contributed by atoms with Gasteiger partial charge in [0.05, 0.1) is 0 Å². The lowest BCUT2D eigenvalue weighted by Gasteiger charge is -2.22. The zero-order valence-electron chi connectivity index (χ0n) is 7.34. The summed E-state index contributed by atoms with van der Waals surface area (Å²) in [4.78, 5) is 10.1. The molecule has 0 saturated heterocycles. The summed E-state index contributed by atoms with van der Waals surface area (Å²) in [5.41, 5.74) is 10.8. The predicted octanol–water partition coefficient (Wildman–Crippen LogP) is -2.82. The van der Waals surface area contributed by atoms with E-state index in [1.165, 1.54) is 9.76 Å². The van der Waals surface area contributed by atoms with E-state index in [0.29, 0.717) is 6.54 Å². The molecule has 0 aromatic rings. The van der Waals surface area contributed by atoms with Gasteiger partial charge in [-0.15, -0.1) is 0 Å². The van der Waals surface area contributed by atoms with Gasteiger partial charge in [-0.3, -0.25) is 0 Å². The van der Waals surface area contributed by atoms with Crippen LogP contribution in [0.4, 0.5) is 0 Å². The van der Waals surface area contributed by atoms with Crippen LogP contribution in [-0.2, 0) is 0 Å². The van der Waals surface area contributed by atoms with Crippen LogP contribution in [0.5, 0.6) is 0 Å². The molecule has 0 aromatic heterocycles. The van der Waals surface area contributed by atoms with Gasteiger partial charge >= 0.3 is 0 Å². The third-order valence-electron chi connectivity index (χ3n) is 2.11. The number of nitrogens with two attached hydrogens (primary N) is 2. The maximum atomic E-state index is 10.1. The largest absolute Gasteiger partial charge is 0.435 e. The van der Waals surface area contributed by atoms with Crippen LogP contribution in [0.1, 0.15) is 6.42 Å². The van der Waals surface area contributed by atoms with Crippen LogP contribution in [-0.4, -0.2) is 44.0 Å². The van der Waals surface area contributed by atoms with Crippen LogP contribution in [0.15, 0.2) is 0 Å². The molecule has 0 aliphatic carbocycles. The molecule has 5 N–H and O–H groups in total. The van der Waals surface area contributed by atoms with Gasteiger partial charge in [-0.25, -0.2) is 0 Å². The molecule has 68 valence electrons. The van der Waals surface area contributed by atoms with E-state index in [1.807, 2.05) is 0 Å². The molecule has 0 aromatic carbocycles. The fraction of sp³-hybridized carbons (Fsp3) is 1.00. The van der Waals surface area contributed by atoms with Crippen LogP contribution >= 0.6 is 0 Å². The third kappa shape index (κ3) is 4.88. The van der Waals surface area contributed by atoms with Crippen molar-refractivity contribution in [1.29, 1.82) is 0 Å². The average Bonchev–Trinajstić information content (AvgIpc) is 2.02. The van der Waals surface area contributed by atoms with E-state index in [1.54, 1.807) is 0 Å². The summed E-state index contributed by atoms with van der Waals surface area (Å²) in [6.45, 7) is 1.39. The van der Waals surface area contributed by atoms with E-state index < -0.39 is 7.83 Å². The molecule has 0 bridgehead atoms. The summed E-state index contributed by atoms with van der Waals surface area (Å²) in [6, 6.07) is 1.93. The van der Waals surface area contributed by atoms with Gasteiger partial charge in [-0.05, 0) is 41.4 Å². The van der Waals surface area contributed by atoms with Crippen molar-refractivity contribution in [1.82, 2.24) is 0 Å². The molecule has 0 amide bonds. The molecular formula is C5H20N2OSi3. The highest BCUT2D eigenvalue weighted by molar-refractivity contribution is 7.37. The molecule has 1 unspecified atom stereocenters. The number of hydrogen-bond donors (Lipinski definition) is 3. The molecular weight excluding hydrogens is 188 g/mol. The smallest absolute Gasteiger partial charge is 0.166 e. The van der Waals surface area contributed by atoms with Crippen LogP contribution in [0.2, 0.25) is 12.1 Å². The second-order valence-electron chi connectivity index (χ2n) is 3.01. The first-order valence-corrected chi connectivity index (χ1v) is 14.7. The van der Waals surface area contributed by atoms with Crippen molar-refractivity contribution < 1.29 is 4.80 Å². The van der Waals surface area contributed by atoms with Crippen LogP contribution < -0.4 is 11.5 Å². The van der Waals surface area contributed by atoms with Gasteiger partial charge in [-0.2, -0.15) is 0 Å². The maximum absolute atomic E-state index is 10.1. The van der Waals surface area contributed by atoms with E-state index in [0.717, 1.165) is 25.1 Å². The zero-order valence-corrected chi connectivity index (χ0v) is 11.8. The summed E-state index contributed by atoms with van der Waals surface area (Å²) >= 11 is 0. The van der Waals surface area contributed by atoms with Crippen LogP contribution in [0, 0.1) is 0 Å². The lowest BCUT2D eigenvalue weighted by atomic mass is 10.5. The van der Waals surface area contributed by atoms with Gasteiger partial charge < -0.3 is 16.3 Å². The average molecular weight is 208 g/mol. The van der Waals surface area contributed by atoms with Crippen molar-refractivity contribution in [2.45, 2.75) is 18.5 Å². The Bertz CT molecular complexity index is 106. The molecule has 6 heteroatoms. The first-order valence-electron chi connectivity index (χ1n) is 4.31. The number of rotatable bonds is 6. The number of hydrogen-bond acceptors (Lipinski definition) is 3. The zero-order chi connectivity index (χ0) is 8.74. The summed E-state index contributed by atoms with van der Waals surface area (Å²) in [5, 5.41) is 0. The van der Waals surface area contributed by atoms with Crippen LogP contribution in [0.25, 0.3) is 0 Å². The van der Waals surface area contributed by atoms with Crippen molar-refractivity contribution in [2.75, 3.05) is 13.1 Å². The minimum atomic E-state index is -1.75. The minimum Gasteiger partial charge on any atom is -0.435 e. The topological polar surface area (TPSA) is 72.3 Å². The second kappa shape index (κ2) is 6.09. The fourth-order valence-corrected chi connectivity index (χ4v) is 13.4. The molecule has 0 saturated carbocycles. The molecule has 0 aliphatic heterocycles. The van der Waals surface area contributed by atoms with Crippen molar-refractivity contribution in [3.05, 3.63) is 0 Å². The SMILES string of the molecule is NCCC[Si](O)(CCN)[SiH2][SiH3]. The first kappa shape index (κ1) is 11.5. The third-order valence-corrected chi connectivity index (χ3v) is 23.9. The molecule has 11 heavy (non-hydrogen) atoms. The second-order valence-corrected chi connectivity index (χ2v) is 19.6. The van der Waals surface area contributed by atoms with E-state index in [4.69, 9.17) is 11.5 Å². The first-order chi connectivity index (χ1) is 5.18. The van der Waals surface area contributed by atoms with E-state index >= 15 is 0 Å². The van der Waals surface area contributed by atoms with E-state index in [9.17, 15) is 4.80 Å². The highest BCUT2D eigenvalue weighted by Gasteiger charge is 2.26. The van der Waals surface area contributed by atoms with E-state index in [2.05, 4.69) is 0 Å². The van der Waals surface area contributed by atoms with Gasteiger partial charge in [0.15, 0.2) is 7.83 Å². The molecule has 0 aliphatic rings. The molecule has 1 atom stereocenters. The Labute approximate surface area is 74.5 Å². The van der Waals surface area contributed by atoms with Gasteiger partial charge in [0, 0.05) is 8.55 Å². The Balaban J connectivity index is 3.68. The molecule has 0 fully saturated rings. The summed E-state index contributed by atoms with van der Waals surface area (Å²) < 4.78 is 0. The fourth-order valence-electron chi connectivity index (χ4n) is 1.18. The Hall–Kier alpha value is 0.531. The monoisotopic (exact) mass is 208 g/mol. The molecule has 0 spiro atoms. The highest BCUT2D eigenvalue weighted by Crippen LogP contribution is 2.10. The minimum absolute atomic E-state index is 0.102. The van der Waals surface area contributed by atoms with Gasteiger partial charge in [0.2, 0.25) is 0 Å². The quantitative estimate of drug-likeness (QED) is 0.412. The predicted molar refractivity (Wildman–Crippen MR) is 58.8 cm³/mol. The molecule has 0 heterocycles. The molecule has 0 radical (unpaired) electrons. The van der Waals surface area contributed by atoms with Crippen molar-refractivity contribution in [3.63, 3.8) is 0 Å². The van der Waals surface area contributed by atoms with Crippen molar-refractivity contribution in [2.24, 2.45) is 11.5 Å². The summed E-state index contributed by atoms with van der Waals surface area (Å²) in [5.74, 6) is 0. The van der Waals surface area contributed by atoms with E-state index in [-0.39, 0.29) is 8.55 Å². The Morgan fingerprint density at radius 2 is 1.91 bits per heavy atom. The Morgan fingerprint density at radius 3 is 2.27 bits per heavy atom. The molecule has 3 nitrogen and oxygen atoms in total. The van der Waals surface area contributed by atoms with Crippen LogP contribution in [0.3, 0.4) is 0 Å². The lowest BCUT2D eigenvalue weighted by molar-refractivity contribution is 0.549. The molecule has 0 rings (SSSR count). The van der Waals surface area contributed by atoms with Crippen molar-refractivity contribution in [3.8, 4) is 0 Å². The highest BCUT2D eigenvalue weighted by atomic mass is 29.6. The Kier molecular flexibility index (Phi) is 6.39. The Morgan fingerprint density at radius 1 is 1.27 bits per heavy atom.